The lowest BCUT2D eigenvalue weighted by atomic mass is 9.85. The molecule has 0 radical (unpaired) electrons. The maximum absolute atomic E-state index is 6.87. The fourth-order valence-electron chi connectivity index (χ4n) is 3.15. The van der Waals surface area contributed by atoms with Gasteiger partial charge in [0.2, 0.25) is 0 Å². The summed E-state index contributed by atoms with van der Waals surface area (Å²) in [6.45, 7) is 13.8. The molecule has 0 saturated carbocycles. The van der Waals surface area contributed by atoms with Gasteiger partial charge in [0.1, 0.15) is 0 Å². The Bertz CT molecular complexity index is 547. The summed E-state index contributed by atoms with van der Waals surface area (Å²) < 4.78 is 6.87. The molecule has 2 aromatic carbocycles. The van der Waals surface area contributed by atoms with Gasteiger partial charge in [0, 0.05) is 0 Å². The Morgan fingerprint density at radius 1 is 0.520 bits per heavy atom. The van der Waals surface area contributed by atoms with Crippen LogP contribution in [0.25, 0.3) is 0 Å². The van der Waals surface area contributed by atoms with E-state index >= 15 is 0 Å². The van der Waals surface area contributed by atoms with Crippen LogP contribution in [0.1, 0.15) is 64.9 Å². The maximum atomic E-state index is 6.87. The van der Waals surface area contributed by atoms with E-state index in [0.717, 1.165) is 0 Å². The summed E-state index contributed by atoms with van der Waals surface area (Å²) in [6.07, 6.45) is 0.209. The van der Waals surface area contributed by atoms with Gasteiger partial charge in [0.25, 0.3) is 0 Å². The minimum absolute atomic E-state index is 0.104. The van der Waals surface area contributed by atoms with E-state index in [1.807, 2.05) is 0 Å². The van der Waals surface area contributed by atoms with Crippen molar-refractivity contribution < 1.29 is 4.74 Å². The van der Waals surface area contributed by atoms with Crippen molar-refractivity contribution >= 4 is 0 Å². The van der Waals surface area contributed by atoms with Crippen LogP contribution in [0.5, 0.6) is 0 Å². The van der Waals surface area contributed by atoms with E-state index in [1.54, 1.807) is 0 Å². The Hall–Kier alpha value is -1.60. The van der Waals surface area contributed by atoms with Gasteiger partial charge in [0.05, 0.1) is 12.2 Å². The molecule has 0 spiro atoms. The topological polar surface area (TPSA) is 9.23 Å². The van der Waals surface area contributed by atoms with Gasteiger partial charge in [-0.05, 0) is 34.8 Å². The van der Waals surface area contributed by atoms with Crippen LogP contribution in [0.15, 0.2) is 60.7 Å². The molecule has 4 atom stereocenters. The van der Waals surface area contributed by atoms with E-state index in [1.165, 1.54) is 11.1 Å². The van der Waals surface area contributed by atoms with E-state index < -0.39 is 0 Å². The molecule has 0 heterocycles. The van der Waals surface area contributed by atoms with Crippen LogP contribution in [0.2, 0.25) is 0 Å². The quantitative estimate of drug-likeness (QED) is 0.500. The van der Waals surface area contributed by atoms with Crippen molar-refractivity contribution in [1.29, 1.82) is 0 Å². The molecule has 0 N–H and O–H groups in total. The Labute approximate surface area is 154 Å². The van der Waals surface area contributed by atoms with Gasteiger partial charge in [-0.1, -0.05) is 102 Å². The molecule has 1 heteroatoms. The third kappa shape index (κ3) is 5.19. The number of rotatable bonds is 8. The summed E-state index contributed by atoms with van der Waals surface area (Å²) in [5.74, 6) is 2.04. The summed E-state index contributed by atoms with van der Waals surface area (Å²) in [6, 6.07) is 21.4. The third-order valence-corrected chi connectivity index (χ3v) is 5.61. The van der Waals surface area contributed by atoms with Gasteiger partial charge in [-0.25, -0.2) is 0 Å². The molecular formula is C24H34O. The molecule has 136 valence electrons. The average Bonchev–Trinajstić information content (AvgIpc) is 2.63. The van der Waals surface area contributed by atoms with Crippen molar-refractivity contribution in [2.75, 3.05) is 0 Å². The Balaban J connectivity index is 2.37. The Morgan fingerprint density at radius 2 is 0.840 bits per heavy atom. The second-order valence-electron chi connectivity index (χ2n) is 8.00. The molecule has 4 unspecified atom stereocenters. The number of benzene rings is 2. The summed E-state index contributed by atoms with van der Waals surface area (Å²) in [5.41, 5.74) is 2.56. The van der Waals surface area contributed by atoms with Gasteiger partial charge in [0.15, 0.2) is 0 Å². The second-order valence-corrected chi connectivity index (χ2v) is 8.00. The Kier molecular flexibility index (Phi) is 7.25. The molecule has 25 heavy (non-hydrogen) atoms. The summed E-state index contributed by atoms with van der Waals surface area (Å²) in [5, 5.41) is 0. The summed E-state index contributed by atoms with van der Waals surface area (Å²) in [7, 11) is 0. The standard InChI is InChI=1S/C24H34O/c1-17(2)19(5)23(21-13-9-7-10-14-21)25-24(20(6)18(3)4)22-15-11-8-12-16-22/h7-20,23-24H,1-6H3. The monoisotopic (exact) mass is 338 g/mol. The zero-order valence-corrected chi connectivity index (χ0v) is 16.6. The van der Waals surface area contributed by atoms with Gasteiger partial charge in [-0.2, -0.15) is 0 Å². The van der Waals surface area contributed by atoms with Crippen LogP contribution in [0, 0.1) is 23.7 Å². The molecule has 0 aliphatic heterocycles. The van der Waals surface area contributed by atoms with Crippen molar-refractivity contribution in [2.45, 2.75) is 53.8 Å². The number of ether oxygens (including phenoxy) is 1. The maximum Gasteiger partial charge on any atom is 0.0861 e. The summed E-state index contributed by atoms with van der Waals surface area (Å²) in [4.78, 5) is 0. The molecule has 0 fully saturated rings. The van der Waals surface area contributed by atoms with Crippen LogP contribution in [0.3, 0.4) is 0 Å². The zero-order chi connectivity index (χ0) is 18.4. The molecule has 0 bridgehead atoms. The highest BCUT2D eigenvalue weighted by atomic mass is 16.5. The molecule has 1 nitrogen and oxygen atoms in total. The van der Waals surface area contributed by atoms with E-state index in [-0.39, 0.29) is 12.2 Å². The molecule has 0 aromatic heterocycles. The molecule has 0 saturated heterocycles. The van der Waals surface area contributed by atoms with Gasteiger partial charge >= 0.3 is 0 Å². The molecule has 0 amide bonds. The van der Waals surface area contributed by atoms with Gasteiger partial charge < -0.3 is 4.74 Å². The van der Waals surface area contributed by atoms with Crippen LogP contribution in [-0.2, 0) is 4.74 Å². The molecule has 0 aliphatic carbocycles. The molecule has 0 aliphatic rings. The molecule has 2 rings (SSSR count). The van der Waals surface area contributed by atoms with Crippen molar-refractivity contribution in [3.63, 3.8) is 0 Å². The lowest BCUT2D eigenvalue weighted by Crippen LogP contribution is -2.25. The molecular weight excluding hydrogens is 304 g/mol. The van der Waals surface area contributed by atoms with Crippen molar-refractivity contribution in [3.8, 4) is 0 Å². The lowest BCUT2D eigenvalue weighted by Gasteiger charge is -2.35. The van der Waals surface area contributed by atoms with E-state index in [2.05, 4.69) is 102 Å². The average molecular weight is 339 g/mol. The normalized spacial score (nSPS) is 16.6. The smallest absolute Gasteiger partial charge is 0.0861 e. The first-order valence-electron chi connectivity index (χ1n) is 9.67. The summed E-state index contributed by atoms with van der Waals surface area (Å²) >= 11 is 0. The lowest BCUT2D eigenvalue weighted by molar-refractivity contribution is -0.0835. The third-order valence-electron chi connectivity index (χ3n) is 5.61. The minimum Gasteiger partial charge on any atom is -0.365 e. The highest BCUT2D eigenvalue weighted by Crippen LogP contribution is 2.40. The van der Waals surface area contributed by atoms with Crippen molar-refractivity contribution in [1.82, 2.24) is 0 Å². The Morgan fingerprint density at radius 3 is 1.12 bits per heavy atom. The first-order valence-corrected chi connectivity index (χ1v) is 9.67. The molecule has 2 aromatic rings. The highest BCUT2D eigenvalue weighted by molar-refractivity contribution is 5.21. The largest absolute Gasteiger partial charge is 0.365 e. The van der Waals surface area contributed by atoms with Crippen LogP contribution in [-0.4, -0.2) is 0 Å². The second kappa shape index (κ2) is 9.20. The fraction of sp³-hybridized carbons (Fsp3) is 0.500. The highest BCUT2D eigenvalue weighted by Gasteiger charge is 2.30. The van der Waals surface area contributed by atoms with Crippen LogP contribution >= 0.6 is 0 Å². The minimum atomic E-state index is 0.104. The van der Waals surface area contributed by atoms with E-state index in [9.17, 15) is 0 Å². The van der Waals surface area contributed by atoms with E-state index in [4.69, 9.17) is 4.74 Å². The predicted octanol–water partition coefficient (Wildman–Crippen LogP) is 7.07. The van der Waals surface area contributed by atoms with Crippen molar-refractivity contribution in [2.24, 2.45) is 23.7 Å². The first kappa shape index (κ1) is 19.7. The SMILES string of the molecule is CC(C)C(C)C(OC(c1ccccc1)C(C)C(C)C)c1ccccc1. The number of hydrogen-bond donors (Lipinski definition) is 0. The first-order chi connectivity index (χ1) is 11.9. The number of hydrogen-bond acceptors (Lipinski definition) is 1. The van der Waals surface area contributed by atoms with Crippen LogP contribution in [0.4, 0.5) is 0 Å². The van der Waals surface area contributed by atoms with Gasteiger partial charge in [-0.3, -0.25) is 0 Å². The van der Waals surface area contributed by atoms with Crippen molar-refractivity contribution in [3.05, 3.63) is 71.8 Å². The predicted molar refractivity (Wildman–Crippen MR) is 107 cm³/mol. The van der Waals surface area contributed by atoms with E-state index in [0.29, 0.717) is 23.7 Å². The fourth-order valence-corrected chi connectivity index (χ4v) is 3.15. The van der Waals surface area contributed by atoms with Crippen LogP contribution < -0.4 is 0 Å². The van der Waals surface area contributed by atoms with Gasteiger partial charge in [-0.15, -0.1) is 0 Å². The zero-order valence-electron chi connectivity index (χ0n) is 16.6.